The zero-order chi connectivity index (χ0) is 15.6. The minimum atomic E-state index is -0.465. The lowest BCUT2D eigenvalue weighted by atomic mass is 10.1. The van der Waals surface area contributed by atoms with Crippen LogP contribution in [0.25, 0.3) is 0 Å². The minimum absolute atomic E-state index is 0.0861. The molecule has 1 atom stereocenters. The third kappa shape index (κ3) is 4.00. The minimum Gasteiger partial charge on any atom is -0.444 e. The lowest BCUT2D eigenvalue weighted by Crippen LogP contribution is -2.55. The summed E-state index contributed by atoms with van der Waals surface area (Å²) in [5, 5.41) is 0. The largest absolute Gasteiger partial charge is 0.444 e. The molecule has 2 N–H and O–H groups in total. The van der Waals surface area contributed by atoms with Gasteiger partial charge in [0.25, 0.3) is 0 Å². The molecule has 1 saturated heterocycles. The third-order valence-corrected chi connectivity index (χ3v) is 3.39. The van der Waals surface area contributed by atoms with Crippen molar-refractivity contribution in [2.24, 2.45) is 0 Å². The molecule has 0 spiro atoms. The highest BCUT2D eigenvalue weighted by atomic mass is 16.6. The Hall–Kier alpha value is -1.98. The average molecular weight is 292 g/mol. The standard InChI is InChI=1S/C15H24N4O2/c1-11-10-18(12-5-6-17-13(16)9-12)7-8-19(11)14(20)21-15(2,3)4/h5-6,9,11H,7-8,10H2,1-4H3,(H2,16,17)/t11-/m0/s1. The molecule has 0 saturated carbocycles. The van der Waals surface area contributed by atoms with Crippen molar-refractivity contribution in [3.05, 3.63) is 18.3 Å². The summed E-state index contributed by atoms with van der Waals surface area (Å²) in [7, 11) is 0. The van der Waals surface area contributed by atoms with Crippen LogP contribution in [0.5, 0.6) is 0 Å². The van der Waals surface area contributed by atoms with Gasteiger partial charge in [0, 0.05) is 43.6 Å². The molecule has 1 fully saturated rings. The number of carbonyl (C=O) groups excluding carboxylic acids is 1. The molecule has 1 aliphatic rings. The number of nitrogens with zero attached hydrogens (tertiary/aromatic N) is 3. The molecule has 0 bridgehead atoms. The van der Waals surface area contributed by atoms with Gasteiger partial charge in [0.2, 0.25) is 0 Å². The van der Waals surface area contributed by atoms with Crippen LogP contribution in [0.2, 0.25) is 0 Å². The van der Waals surface area contributed by atoms with Gasteiger partial charge in [-0.3, -0.25) is 0 Å². The number of nitrogen functional groups attached to an aromatic ring is 1. The molecule has 1 amide bonds. The summed E-state index contributed by atoms with van der Waals surface area (Å²) in [5.41, 5.74) is 6.30. The summed E-state index contributed by atoms with van der Waals surface area (Å²) >= 11 is 0. The normalized spacial score (nSPS) is 19.5. The van der Waals surface area contributed by atoms with Crippen molar-refractivity contribution in [1.29, 1.82) is 0 Å². The molecular weight excluding hydrogens is 268 g/mol. The van der Waals surface area contributed by atoms with E-state index >= 15 is 0 Å². The van der Waals surface area contributed by atoms with E-state index in [0.717, 1.165) is 18.8 Å². The Bertz CT molecular complexity index is 513. The van der Waals surface area contributed by atoms with Crippen molar-refractivity contribution in [3.63, 3.8) is 0 Å². The Balaban J connectivity index is 2.01. The van der Waals surface area contributed by atoms with Gasteiger partial charge in [-0.15, -0.1) is 0 Å². The van der Waals surface area contributed by atoms with Crippen LogP contribution in [0.3, 0.4) is 0 Å². The van der Waals surface area contributed by atoms with E-state index in [1.165, 1.54) is 0 Å². The summed E-state index contributed by atoms with van der Waals surface area (Å²) < 4.78 is 5.45. The van der Waals surface area contributed by atoms with Crippen molar-refractivity contribution in [1.82, 2.24) is 9.88 Å². The molecule has 6 heteroatoms. The van der Waals surface area contributed by atoms with E-state index < -0.39 is 5.60 Å². The van der Waals surface area contributed by atoms with Crippen molar-refractivity contribution in [2.45, 2.75) is 39.3 Å². The molecule has 116 valence electrons. The van der Waals surface area contributed by atoms with E-state index in [1.54, 1.807) is 11.1 Å². The Kier molecular flexibility index (Phi) is 4.25. The first-order chi connectivity index (χ1) is 9.76. The van der Waals surface area contributed by atoms with E-state index in [1.807, 2.05) is 39.8 Å². The number of nitrogens with two attached hydrogens (primary N) is 1. The summed E-state index contributed by atoms with van der Waals surface area (Å²) in [6.45, 7) is 9.82. The fourth-order valence-corrected chi connectivity index (χ4v) is 2.42. The number of carbonyl (C=O) groups is 1. The Labute approximate surface area is 125 Å². The Morgan fingerprint density at radius 2 is 2.14 bits per heavy atom. The average Bonchev–Trinajstić information content (AvgIpc) is 2.36. The molecule has 1 aromatic heterocycles. The molecule has 0 aromatic carbocycles. The topological polar surface area (TPSA) is 71.7 Å². The molecule has 0 aliphatic carbocycles. The second-order valence-corrected chi connectivity index (χ2v) is 6.41. The summed E-state index contributed by atoms with van der Waals surface area (Å²) in [6.07, 6.45) is 1.46. The highest BCUT2D eigenvalue weighted by molar-refractivity contribution is 5.69. The van der Waals surface area contributed by atoms with Gasteiger partial charge in [-0.1, -0.05) is 0 Å². The van der Waals surface area contributed by atoms with Gasteiger partial charge in [-0.25, -0.2) is 9.78 Å². The molecule has 21 heavy (non-hydrogen) atoms. The second-order valence-electron chi connectivity index (χ2n) is 6.41. The monoisotopic (exact) mass is 292 g/mol. The van der Waals surface area contributed by atoms with E-state index in [2.05, 4.69) is 9.88 Å². The second kappa shape index (κ2) is 5.79. The van der Waals surface area contributed by atoms with Crippen LogP contribution < -0.4 is 10.6 Å². The highest BCUT2D eigenvalue weighted by Crippen LogP contribution is 2.21. The molecule has 2 rings (SSSR count). The lowest BCUT2D eigenvalue weighted by molar-refractivity contribution is 0.0159. The predicted octanol–water partition coefficient (Wildman–Crippen LogP) is 2.11. The summed E-state index contributed by atoms with van der Waals surface area (Å²) in [6, 6.07) is 3.88. The van der Waals surface area contributed by atoms with Gasteiger partial charge in [-0.2, -0.15) is 0 Å². The first kappa shape index (κ1) is 15.4. The van der Waals surface area contributed by atoms with E-state index in [0.29, 0.717) is 12.4 Å². The van der Waals surface area contributed by atoms with Gasteiger partial charge in [0.1, 0.15) is 11.4 Å². The van der Waals surface area contributed by atoms with Crippen molar-refractivity contribution < 1.29 is 9.53 Å². The van der Waals surface area contributed by atoms with Gasteiger partial charge in [0.05, 0.1) is 0 Å². The molecule has 0 unspecified atom stereocenters. The summed E-state index contributed by atoms with van der Waals surface area (Å²) in [5.74, 6) is 0.509. The van der Waals surface area contributed by atoms with Crippen LogP contribution in [0, 0.1) is 0 Å². The highest BCUT2D eigenvalue weighted by Gasteiger charge is 2.30. The van der Waals surface area contributed by atoms with Crippen LogP contribution in [0.15, 0.2) is 18.3 Å². The molecule has 1 aliphatic heterocycles. The number of rotatable bonds is 1. The number of anilines is 2. The maximum absolute atomic E-state index is 12.2. The van der Waals surface area contributed by atoms with Gasteiger partial charge >= 0.3 is 6.09 Å². The number of hydrogen-bond acceptors (Lipinski definition) is 5. The van der Waals surface area contributed by atoms with E-state index in [9.17, 15) is 4.79 Å². The number of hydrogen-bond donors (Lipinski definition) is 1. The summed E-state index contributed by atoms with van der Waals surface area (Å²) in [4.78, 5) is 20.2. The maximum Gasteiger partial charge on any atom is 0.410 e. The van der Waals surface area contributed by atoms with E-state index in [4.69, 9.17) is 10.5 Å². The van der Waals surface area contributed by atoms with Crippen LogP contribution in [0.4, 0.5) is 16.3 Å². The Morgan fingerprint density at radius 1 is 1.43 bits per heavy atom. The Morgan fingerprint density at radius 3 is 2.71 bits per heavy atom. The van der Waals surface area contributed by atoms with E-state index in [-0.39, 0.29) is 12.1 Å². The zero-order valence-corrected chi connectivity index (χ0v) is 13.2. The fourth-order valence-electron chi connectivity index (χ4n) is 2.42. The number of pyridine rings is 1. The van der Waals surface area contributed by atoms with Crippen LogP contribution in [-0.2, 0) is 4.74 Å². The van der Waals surface area contributed by atoms with Gasteiger partial charge in [0.15, 0.2) is 0 Å². The SMILES string of the molecule is C[C@H]1CN(c2ccnc(N)c2)CCN1C(=O)OC(C)(C)C. The van der Waals surface area contributed by atoms with Crippen LogP contribution >= 0.6 is 0 Å². The zero-order valence-electron chi connectivity index (χ0n) is 13.2. The maximum atomic E-state index is 12.2. The molecular formula is C15H24N4O2. The van der Waals surface area contributed by atoms with Crippen LogP contribution in [0.1, 0.15) is 27.7 Å². The molecule has 0 radical (unpaired) electrons. The van der Waals surface area contributed by atoms with Gasteiger partial charge < -0.3 is 20.3 Å². The van der Waals surface area contributed by atoms with Crippen molar-refractivity contribution in [2.75, 3.05) is 30.3 Å². The number of aromatic nitrogens is 1. The van der Waals surface area contributed by atoms with Crippen molar-refractivity contribution in [3.8, 4) is 0 Å². The molecule has 1 aromatic rings. The number of ether oxygens (including phenoxy) is 1. The van der Waals surface area contributed by atoms with Crippen LogP contribution in [-0.4, -0.2) is 47.3 Å². The number of amides is 1. The third-order valence-electron chi connectivity index (χ3n) is 3.39. The quantitative estimate of drug-likeness (QED) is 0.858. The first-order valence-corrected chi connectivity index (χ1v) is 7.22. The smallest absolute Gasteiger partial charge is 0.410 e. The fraction of sp³-hybridized carbons (Fsp3) is 0.600. The lowest BCUT2D eigenvalue weighted by Gasteiger charge is -2.41. The van der Waals surface area contributed by atoms with Gasteiger partial charge in [-0.05, 0) is 33.8 Å². The van der Waals surface area contributed by atoms with Crippen molar-refractivity contribution >= 4 is 17.6 Å². The number of piperazine rings is 1. The first-order valence-electron chi connectivity index (χ1n) is 7.22. The molecule has 2 heterocycles. The molecule has 6 nitrogen and oxygen atoms in total. The predicted molar refractivity (Wildman–Crippen MR) is 83.3 cm³/mol.